The van der Waals surface area contributed by atoms with Gasteiger partial charge < -0.3 is 10.2 Å². The first-order chi connectivity index (χ1) is 8.72. The van der Waals surface area contributed by atoms with Crippen LogP contribution in [0.3, 0.4) is 0 Å². The third-order valence-electron chi connectivity index (χ3n) is 4.34. The van der Waals surface area contributed by atoms with Crippen molar-refractivity contribution in [3.63, 3.8) is 0 Å². The van der Waals surface area contributed by atoms with Crippen LogP contribution < -0.4 is 5.32 Å². The van der Waals surface area contributed by atoms with E-state index < -0.39 is 0 Å². The average Bonchev–Trinajstić information content (AvgIpc) is 2.38. The van der Waals surface area contributed by atoms with Crippen LogP contribution in [0.15, 0.2) is 24.3 Å². The van der Waals surface area contributed by atoms with Gasteiger partial charge in [0.2, 0.25) is 0 Å². The van der Waals surface area contributed by atoms with Crippen LogP contribution in [-0.4, -0.2) is 38.6 Å². The second kappa shape index (κ2) is 6.35. The summed E-state index contributed by atoms with van der Waals surface area (Å²) >= 11 is 0. The molecule has 0 bridgehead atoms. The number of nitrogens with zero attached hydrogens (tertiary/aromatic N) is 1. The van der Waals surface area contributed by atoms with Crippen molar-refractivity contribution in [3.8, 4) is 0 Å². The van der Waals surface area contributed by atoms with Gasteiger partial charge in [-0.05, 0) is 69.9 Å². The minimum absolute atomic E-state index is 0.671. The summed E-state index contributed by atoms with van der Waals surface area (Å²) in [6.07, 6.45) is 2.66. The van der Waals surface area contributed by atoms with Crippen LogP contribution >= 0.6 is 0 Å². The maximum absolute atomic E-state index is 3.39. The normalized spacial score (nSPS) is 19.9. The Balaban J connectivity index is 2.15. The van der Waals surface area contributed by atoms with E-state index >= 15 is 0 Å². The van der Waals surface area contributed by atoms with Crippen molar-refractivity contribution in [3.05, 3.63) is 35.4 Å². The van der Waals surface area contributed by atoms with Crippen LogP contribution in [0, 0.1) is 12.8 Å². The van der Waals surface area contributed by atoms with Crippen LogP contribution in [0.4, 0.5) is 0 Å². The van der Waals surface area contributed by atoms with Crippen molar-refractivity contribution in [2.24, 2.45) is 5.92 Å². The second-order valence-electron chi connectivity index (χ2n) is 5.66. The van der Waals surface area contributed by atoms with Crippen LogP contribution in [0.25, 0.3) is 0 Å². The van der Waals surface area contributed by atoms with Gasteiger partial charge in [0.25, 0.3) is 0 Å². The first kappa shape index (κ1) is 13.6. The van der Waals surface area contributed by atoms with E-state index in [9.17, 15) is 0 Å². The fourth-order valence-electron chi connectivity index (χ4n) is 3.18. The summed E-state index contributed by atoms with van der Waals surface area (Å²) in [5.74, 6) is 1.50. The number of nitrogens with one attached hydrogen (secondary N) is 1. The Morgan fingerprint density at radius 2 is 1.94 bits per heavy atom. The maximum Gasteiger partial charge on any atom is 0.00199 e. The van der Waals surface area contributed by atoms with E-state index in [4.69, 9.17) is 0 Å². The molecule has 1 heterocycles. The minimum atomic E-state index is 0.671. The summed E-state index contributed by atoms with van der Waals surface area (Å²) in [5.41, 5.74) is 2.98. The molecule has 2 rings (SSSR count). The number of rotatable bonds is 4. The highest BCUT2D eigenvalue weighted by molar-refractivity contribution is 5.30. The Hall–Kier alpha value is -0.860. The monoisotopic (exact) mass is 246 g/mol. The number of hydrogen-bond acceptors (Lipinski definition) is 2. The predicted octanol–water partition coefficient (Wildman–Crippen LogP) is 2.64. The molecule has 0 aliphatic carbocycles. The minimum Gasteiger partial charge on any atom is -0.319 e. The summed E-state index contributed by atoms with van der Waals surface area (Å²) in [6.45, 7) is 5.83. The standard InChI is InChI=1S/C16H26N2/c1-13-6-4-5-7-15(13)16(12-17-2)14-8-10-18(3)11-9-14/h4-7,14,16-17H,8-12H2,1-3H3. The molecule has 1 aliphatic heterocycles. The molecule has 1 aromatic carbocycles. The number of likely N-dealkylation sites (N-methyl/N-ethyl adjacent to an activating group) is 1. The Kier molecular flexibility index (Phi) is 4.79. The molecule has 1 atom stereocenters. The molecule has 0 radical (unpaired) electrons. The molecule has 2 nitrogen and oxygen atoms in total. The molecule has 100 valence electrons. The number of likely N-dealkylation sites (tertiary alicyclic amines) is 1. The lowest BCUT2D eigenvalue weighted by Crippen LogP contribution is -2.35. The third-order valence-corrected chi connectivity index (χ3v) is 4.34. The number of aryl methyl sites for hydroxylation is 1. The van der Waals surface area contributed by atoms with Gasteiger partial charge in [-0.15, -0.1) is 0 Å². The average molecular weight is 246 g/mol. The molecule has 1 saturated heterocycles. The molecule has 0 aromatic heterocycles. The molecule has 1 aromatic rings. The Morgan fingerprint density at radius 1 is 1.28 bits per heavy atom. The molecule has 0 spiro atoms. The molecule has 1 unspecified atom stereocenters. The summed E-state index contributed by atoms with van der Waals surface area (Å²) < 4.78 is 0. The molecule has 1 N–H and O–H groups in total. The zero-order valence-electron chi connectivity index (χ0n) is 11.9. The van der Waals surface area contributed by atoms with Gasteiger partial charge in [-0.25, -0.2) is 0 Å². The van der Waals surface area contributed by atoms with Crippen LogP contribution in [-0.2, 0) is 0 Å². The first-order valence-electron chi connectivity index (χ1n) is 7.11. The SMILES string of the molecule is CNCC(c1ccccc1C)C1CCN(C)CC1. The fraction of sp³-hybridized carbons (Fsp3) is 0.625. The fourth-order valence-corrected chi connectivity index (χ4v) is 3.18. The maximum atomic E-state index is 3.39. The smallest absolute Gasteiger partial charge is 0.00199 e. The Labute approximate surface area is 111 Å². The zero-order chi connectivity index (χ0) is 13.0. The molecule has 0 amide bonds. The van der Waals surface area contributed by atoms with E-state index in [0.29, 0.717) is 5.92 Å². The summed E-state index contributed by atoms with van der Waals surface area (Å²) in [4.78, 5) is 2.45. The molecule has 18 heavy (non-hydrogen) atoms. The molecule has 1 fully saturated rings. The van der Waals surface area contributed by atoms with Gasteiger partial charge in [-0.3, -0.25) is 0 Å². The number of hydrogen-bond donors (Lipinski definition) is 1. The summed E-state index contributed by atoms with van der Waals surface area (Å²) in [6, 6.07) is 8.88. The molecule has 0 saturated carbocycles. The van der Waals surface area contributed by atoms with Crippen molar-refractivity contribution in [1.29, 1.82) is 0 Å². The quantitative estimate of drug-likeness (QED) is 0.878. The highest BCUT2D eigenvalue weighted by Gasteiger charge is 2.26. The zero-order valence-corrected chi connectivity index (χ0v) is 11.9. The van der Waals surface area contributed by atoms with E-state index in [2.05, 4.69) is 55.5 Å². The molecular formula is C16H26N2. The molecular weight excluding hydrogens is 220 g/mol. The number of piperidine rings is 1. The Bertz CT molecular complexity index is 367. The van der Waals surface area contributed by atoms with Gasteiger partial charge in [0.1, 0.15) is 0 Å². The van der Waals surface area contributed by atoms with Gasteiger partial charge in [0.05, 0.1) is 0 Å². The van der Waals surface area contributed by atoms with Crippen molar-refractivity contribution in [1.82, 2.24) is 10.2 Å². The lowest BCUT2D eigenvalue weighted by Gasteiger charge is -2.35. The van der Waals surface area contributed by atoms with E-state index in [-0.39, 0.29) is 0 Å². The van der Waals surface area contributed by atoms with Gasteiger partial charge >= 0.3 is 0 Å². The van der Waals surface area contributed by atoms with Crippen LogP contribution in [0.1, 0.15) is 29.9 Å². The first-order valence-corrected chi connectivity index (χ1v) is 7.11. The van der Waals surface area contributed by atoms with Crippen LogP contribution in [0.2, 0.25) is 0 Å². The van der Waals surface area contributed by atoms with E-state index in [1.165, 1.54) is 31.5 Å². The van der Waals surface area contributed by atoms with Crippen molar-refractivity contribution in [2.45, 2.75) is 25.7 Å². The van der Waals surface area contributed by atoms with Crippen molar-refractivity contribution < 1.29 is 0 Å². The van der Waals surface area contributed by atoms with E-state index in [1.54, 1.807) is 5.56 Å². The number of benzene rings is 1. The lowest BCUT2D eigenvalue weighted by molar-refractivity contribution is 0.196. The summed E-state index contributed by atoms with van der Waals surface area (Å²) in [5, 5.41) is 3.39. The topological polar surface area (TPSA) is 15.3 Å². The molecule has 2 heteroatoms. The lowest BCUT2D eigenvalue weighted by atomic mass is 9.78. The highest BCUT2D eigenvalue weighted by atomic mass is 15.1. The van der Waals surface area contributed by atoms with E-state index in [0.717, 1.165) is 12.5 Å². The van der Waals surface area contributed by atoms with E-state index in [1.807, 2.05) is 0 Å². The van der Waals surface area contributed by atoms with Gasteiger partial charge in [0.15, 0.2) is 0 Å². The summed E-state index contributed by atoms with van der Waals surface area (Å²) in [7, 11) is 4.30. The van der Waals surface area contributed by atoms with Gasteiger partial charge in [-0.2, -0.15) is 0 Å². The largest absolute Gasteiger partial charge is 0.319 e. The molecule has 1 aliphatic rings. The third kappa shape index (κ3) is 3.12. The van der Waals surface area contributed by atoms with Gasteiger partial charge in [-0.1, -0.05) is 24.3 Å². The predicted molar refractivity (Wildman–Crippen MR) is 78.1 cm³/mol. The Morgan fingerprint density at radius 3 is 2.56 bits per heavy atom. The highest BCUT2D eigenvalue weighted by Crippen LogP contribution is 2.33. The van der Waals surface area contributed by atoms with Crippen molar-refractivity contribution in [2.75, 3.05) is 33.7 Å². The van der Waals surface area contributed by atoms with Crippen molar-refractivity contribution >= 4 is 0 Å². The second-order valence-corrected chi connectivity index (χ2v) is 5.66. The van der Waals surface area contributed by atoms with Crippen LogP contribution in [0.5, 0.6) is 0 Å². The van der Waals surface area contributed by atoms with Gasteiger partial charge in [0, 0.05) is 6.54 Å².